The maximum absolute atomic E-state index is 13.1. The van der Waals surface area contributed by atoms with Gasteiger partial charge in [0.1, 0.15) is 11.5 Å². The minimum Gasteiger partial charge on any atom is -0.377 e. The van der Waals surface area contributed by atoms with Gasteiger partial charge >= 0.3 is 0 Å². The zero-order valence-corrected chi connectivity index (χ0v) is 9.69. The number of rotatable bonds is 4. The topological polar surface area (TPSA) is 76.4 Å². The van der Waals surface area contributed by atoms with Gasteiger partial charge in [0, 0.05) is 31.8 Å². The lowest BCUT2D eigenvalue weighted by molar-refractivity contribution is -0.384. The number of nitrogens with zero attached hydrogens (tertiary/aromatic N) is 1. The summed E-state index contributed by atoms with van der Waals surface area (Å²) >= 11 is 0. The summed E-state index contributed by atoms with van der Waals surface area (Å²) in [5.41, 5.74) is 0.0364. The molecular weight excluding hydrogens is 241 g/mol. The van der Waals surface area contributed by atoms with Crippen molar-refractivity contribution in [1.82, 2.24) is 5.32 Å². The summed E-state index contributed by atoms with van der Waals surface area (Å²) in [5.74, 6) is -0.509. The van der Waals surface area contributed by atoms with Crippen LogP contribution in [0.3, 0.4) is 0 Å². The minimum atomic E-state index is -0.540. The van der Waals surface area contributed by atoms with Crippen molar-refractivity contribution in [2.24, 2.45) is 0 Å². The summed E-state index contributed by atoms with van der Waals surface area (Å²) in [5, 5.41) is 16.8. The van der Waals surface area contributed by atoms with E-state index >= 15 is 0 Å². The molecule has 0 aliphatic carbocycles. The molecule has 6 nitrogen and oxygen atoms in total. The standard InChI is InChI=1S/C11H14FN3O3/c12-8-1-2-11(15(16)17)10(5-8)14-7-9-6-13-3-4-18-9/h1-2,5,9,13-14H,3-4,6-7H2. The molecule has 1 aliphatic rings. The van der Waals surface area contributed by atoms with E-state index in [1.807, 2.05) is 0 Å². The van der Waals surface area contributed by atoms with Crippen LogP contribution in [-0.2, 0) is 4.74 Å². The molecule has 2 rings (SSSR count). The minimum absolute atomic E-state index is 0.0679. The van der Waals surface area contributed by atoms with Crippen LogP contribution in [0.2, 0.25) is 0 Å². The van der Waals surface area contributed by atoms with Crippen molar-refractivity contribution < 1.29 is 14.1 Å². The molecule has 1 aromatic carbocycles. The summed E-state index contributed by atoms with van der Waals surface area (Å²) in [4.78, 5) is 10.2. The number of nitro groups is 1. The second-order valence-electron chi connectivity index (χ2n) is 4.00. The molecule has 98 valence electrons. The van der Waals surface area contributed by atoms with Gasteiger partial charge in [0.15, 0.2) is 0 Å². The van der Waals surface area contributed by atoms with Gasteiger partial charge in [0.05, 0.1) is 17.6 Å². The first-order valence-corrected chi connectivity index (χ1v) is 5.67. The molecular formula is C11H14FN3O3. The Morgan fingerprint density at radius 2 is 2.44 bits per heavy atom. The molecule has 2 N–H and O–H groups in total. The third kappa shape index (κ3) is 3.14. The van der Waals surface area contributed by atoms with Gasteiger partial charge in [-0.1, -0.05) is 0 Å². The molecule has 7 heteroatoms. The van der Waals surface area contributed by atoms with Gasteiger partial charge in [0.2, 0.25) is 0 Å². The molecule has 0 spiro atoms. The quantitative estimate of drug-likeness (QED) is 0.623. The van der Waals surface area contributed by atoms with Gasteiger partial charge in [-0.2, -0.15) is 0 Å². The summed E-state index contributed by atoms with van der Waals surface area (Å²) < 4.78 is 18.5. The Balaban J connectivity index is 2.03. The smallest absolute Gasteiger partial charge is 0.292 e. The number of halogens is 1. The Hall–Kier alpha value is -1.73. The molecule has 1 fully saturated rings. The third-order valence-electron chi connectivity index (χ3n) is 2.68. The maximum Gasteiger partial charge on any atom is 0.292 e. The van der Waals surface area contributed by atoms with Crippen LogP contribution < -0.4 is 10.6 Å². The van der Waals surface area contributed by atoms with Crippen LogP contribution in [0.25, 0.3) is 0 Å². The molecule has 0 amide bonds. The summed E-state index contributed by atoms with van der Waals surface area (Å²) in [6.07, 6.45) is -0.0679. The summed E-state index contributed by atoms with van der Waals surface area (Å²) in [6, 6.07) is 3.34. The van der Waals surface area contributed by atoms with E-state index in [9.17, 15) is 14.5 Å². The molecule has 0 aromatic heterocycles. The van der Waals surface area contributed by atoms with E-state index in [0.717, 1.165) is 24.7 Å². The molecule has 0 bridgehead atoms. The Morgan fingerprint density at radius 1 is 1.61 bits per heavy atom. The van der Waals surface area contributed by atoms with Gasteiger partial charge in [-0.3, -0.25) is 10.1 Å². The van der Waals surface area contributed by atoms with Crippen molar-refractivity contribution in [1.29, 1.82) is 0 Å². The van der Waals surface area contributed by atoms with E-state index in [1.165, 1.54) is 0 Å². The van der Waals surface area contributed by atoms with Crippen molar-refractivity contribution in [2.45, 2.75) is 6.10 Å². The fraction of sp³-hybridized carbons (Fsp3) is 0.455. The van der Waals surface area contributed by atoms with Crippen LogP contribution in [0.5, 0.6) is 0 Å². The largest absolute Gasteiger partial charge is 0.377 e. The monoisotopic (exact) mass is 255 g/mol. The Morgan fingerprint density at radius 3 is 3.11 bits per heavy atom. The third-order valence-corrected chi connectivity index (χ3v) is 2.68. The highest BCUT2D eigenvalue weighted by Gasteiger charge is 2.17. The van der Waals surface area contributed by atoms with Crippen LogP contribution in [0.4, 0.5) is 15.8 Å². The van der Waals surface area contributed by atoms with Gasteiger partial charge in [0.25, 0.3) is 5.69 Å². The van der Waals surface area contributed by atoms with Gasteiger partial charge in [-0.25, -0.2) is 4.39 Å². The first-order chi connectivity index (χ1) is 8.66. The Labute approximate surface area is 103 Å². The fourth-order valence-corrected chi connectivity index (χ4v) is 1.78. The van der Waals surface area contributed by atoms with Gasteiger partial charge < -0.3 is 15.4 Å². The van der Waals surface area contributed by atoms with Crippen LogP contribution >= 0.6 is 0 Å². The van der Waals surface area contributed by atoms with Gasteiger partial charge in [-0.15, -0.1) is 0 Å². The average molecular weight is 255 g/mol. The van der Waals surface area contributed by atoms with E-state index in [1.54, 1.807) is 0 Å². The predicted octanol–water partition coefficient (Wildman–Crippen LogP) is 1.13. The molecule has 1 unspecified atom stereocenters. The number of ether oxygens (including phenoxy) is 1. The highest BCUT2D eigenvalue weighted by Crippen LogP contribution is 2.24. The van der Waals surface area contributed by atoms with Crippen molar-refractivity contribution in [2.75, 3.05) is 31.6 Å². The highest BCUT2D eigenvalue weighted by molar-refractivity contribution is 5.61. The molecule has 18 heavy (non-hydrogen) atoms. The second-order valence-corrected chi connectivity index (χ2v) is 4.00. The normalized spacial score (nSPS) is 19.5. The molecule has 0 saturated carbocycles. The lowest BCUT2D eigenvalue weighted by atomic mass is 10.2. The van der Waals surface area contributed by atoms with Crippen molar-refractivity contribution in [3.8, 4) is 0 Å². The highest BCUT2D eigenvalue weighted by atomic mass is 19.1. The predicted molar refractivity (Wildman–Crippen MR) is 64.2 cm³/mol. The molecule has 1 aromatic rings. The van der Waals surface area contributed by atoms with Crippen molar-refractivity contribution >= 4 is 11.4 Å². The van der Waals surface area contributed by atoms with Gasteiger partial charge in [-0.05, 0) is 6.07 Å². The fourth-order valence-electron chi connectivity index (χ4n) is 1.78. The number of nitro benzene ring substituents is 1. The van der Waals surface area contributed by atoms with Crippen molar-refractivity contribution in [3.05, 3.63) is 34.1 Å². The summed E-state index contributed by atoms with van der Waals surface area (Å²) in [7, 11) is 0. The lowest BCUT2D eigenvalue weighted by Gasteiger charge is -2.24. The van der Waals surface area contributed by atoms with E-state index in [2.05, 4.69) is 10.6 Å². The second kappa shape index (κ2) is 5.74. The number of morpholine rings is 1. The lowest BCUT2D eigenvalue weighted by Crippen LogP contribution is -2.42. The average Bonchev–Trinajstić information content (AvgIpc) is 2.37. The van der Waals surface area contributed by atoms with Crippen LogP contribution in [0.1, 0.15) is 0 Å². The molecule has 1 heterocycles. The van der Waals surface area contributed by atoms with Crippen LogP contribution in [0.15, 0.2) is 18.2 Å². The molecule has 1 atom stereocenters. The molecule has 1 aliphatic heterocycles. The van der Waals surface area contributed by atoms with Crippen LogP contribution in [0, 0.1) is 15.9 Å². The Bertz CT molecular complexity index is 436. The maximum atomic E-state index is 13.1. The number of hydrogen-bond donors (Lipinski definition) is 2. The van der Waals surface area contributed by atoms with E-state index in [-0.39, 0.29) is 17.5 Å². The van der Waals surface area contributed by atoms with E-state index in [0.29, 0.717) is 19.7 Å². The molecule has 1 saturated heterocycles. The first kappa shape index (κ1) is 12.7. The zero-order chi connectivity index (χ0) is 13.0. The van der Waals surface area contributed by atoms with Crippen molar-refractivity contribution in [3.63, 3.8) is 0 Å². The SMILES string of the molecule is O=[N+]([O-])c1ccc(F)cc1NCC1CNCCO1. The summed E-state index contributed by atoms with van der Waals surface area (Å²) in [6.45, 7) is 2.49. The van der Waals surface area contributed by atoms with Crippen LogP contribution in [-0.4, -0.2) is 37.3 Å². The van der Waals surface area contributed by atoms with E-state index < -0.39 is 10.7 Å². The Kier molecular flexibility index (Phi) is 4.06. The number of hydrogen-bond acceptors (Lipinski definition) is 5. The molecule has 0 radical (unpaired) electrons. The first-order valence-electron chi connectivity index (χ1n) is 5.67. The number of anilines is 1. The van der Waals surface area contributed by atoms with E-state index in [4.69, 9.17) is 4.74 Å². The number of nitrogens with one attached hydrogen (secondary N) is 2. The zero-order valence-electron chi connectivity index (χ0n) is 9.69. The number of benzene rings is 1.